The topological polar surface area (TPSA) is 47.0 Å². The summed E-state index contributed by atoms with van der Waals surface area (Å²) in [5.41, 5.74) is 0.564. The maximum absolute atomic E-state index is 10.9. The lowest BCUT2D eigenvalue weighted by Gasteiger charge is -1.92. The second kappa shape index (κ2) is 3.73. The number of nitrogens with zero attached hydrogens (tertiary/aromatic N) is 1. The molecule has 0 atom stereocenters. The fraction of sp³-hybridized carbons (Fsp3) is 0.400. The van der Waals surface area contributed by atoms with Gasteiger partial charge in [-0.3, -0.25) is 0 Å². The van der Waals surface area contributed by atoms with Crippen molar-refractivity contribution in [2.75, 3.05) is 6.26 Å². The number of hydrogen-bond donors (Lipinski definition) is 0. The minimum atomic E-state index is -2.99. The minimum absolute atomic E-state index is 0.0182. The number of sulfone groups is 1. The minimum Gasteiger partial charge on any atom is -0.232 e. The molecule has 0 aromatic carbocycles. The summed E-state index contributed by atoms with van der Waals surface area (Å²) in [5, 5.41) is 0. The molecule has 7 heteroatoms. The van der Waals surface area contributed by atoms with Crippen LogP contribution in [0.25, 0.3) is 0 Å². The Morgan fingerprint density at radius 2 is 2.08 bits per heavy atom. The lowest BCUT2D eigenvalue weighted by atomic mass is 10.6. The quantitative estimate of drug-likeness (QED) is 0.833. The molecule has 68 valence electrons. The third-order valence-corrected chi connectivity index (χ3v) is 4.10. The van der Waals surface area contributed by atoms with Crippen molar-refractivity contribution in [1.82, 2.24) is 4.98 Å². The molecule has 0 fully saturated rings. The van der Waals surface area contributed by atoms with E-state index in [9.17, 15) is 8.42 Å². The van der Waals surface area contributed by atoms with Crippen LogP contribution in [0.1, 0.15) is 5.69 Å². The Labute approximate surface area is 91.4 Å². The van der Waals surface area contributed by atoms with Crippen molar-refractivity contribution in [3.05, 3.63) is 13.4 Å². The number of thiazole rings is 1. The van der Waals surface area contributed by atoms with Crippen LogP contribution in [0.2, 0.25) is 0 Å². The van der Waals surface area contributed by atoms with Crippen LogP contribution < -0.4 is 0 Å². The Morgan fingerprint density at radius 3 is 2.42 bits per heavy atom. The van der Waals surface area contributed by atoms with E-state index in [2.05, 4.69) is 36.8 Å². The van der Waals surface area contributed by atoms with Gasteiger partial charge in [0.1, 0.15) is 0 Å². The molecule has 0 amide bonds. The van der Waals surface area contributed by atoms with Crippen LogP contribution in [-0.4, -0.2) is 19.7 Å². The fourth-order valence-electron chi connectivity index (χ4n) is 0.643. The first kappa shape index (κ1) is 10.6. The summed E-state index contributed by atoms with van der Waals surface area (Å²) in [5.74, 6) is -0.0182. The zero-order chi connectivity index (χ0) is 9.35. The zero-order valence-electron chi connectivity index (χ0n) is 6.04. The van der Waals surface area contributed by atoms with Gasteiger partial charge in [0.2, 0.25) is 0 Å². The van der Waals surface area contributed by atoms with Gasteiger partial charge in [0, 0.05) is 6.26 Å². The summed E-state index contributed by atoms with van der Waals surface area (Å²) >= 11 is 7.77. The van der Waals surface area contributed by atoms with Gasteiger partial charge in [-0.15, -0.1) is 0 Å². The Hall–Kier alpha value is 0.540. The SMILES string of the molecule is CS(=O)(=O)Cc1nc(Br)sc1Br. The predicted molar refractivity (Wildman–Crippen MR) is 56.1 cm³/mol. The standard InChI is InChI=1S/C5H5Br2NO2S2/c1-12(9,10)2-3-4(6)11-5(7)8-3/h2H2,1H3. The molecule has 0 saturated carbocycles. The van der Waals surface area contributed by atoms with Crippen LogP contribution in [0.3, 0.4) is 0 Å². The molecule has 12 heavy (non-hydrogen) atoms. The van der Waals surface area contributed by atoms with E-state index in [1.807, 2.05) is 0 Å². The lowest BCUT2D eigenvalue weighted by molar-refractivity contribution is 0.600. The van der Waals surface area contributed by atoms with Gasteiger partial charge in [-0.2, -0.15) is 0 Å². The zero-order valence-corrected chi connectivity index (χ0v) is 10.8. The molecule has 0 bridgehead atoms. The lowest BCUT2D eigenvalue weighted by Crippen LogP contribution is -2.01. The number of hydrogen-bond acceptors (Lipinski definition) is 4. The van der Waals surface area contributed by atoms with Crippen molar-refractivity contribution in [3.8, 4) is 0 Å². The molecule has 0 aliphatic rings. The van der Waals surface area contributed by atoms with E-state index in [4.69, 9.17) is 0 Å². The van der Waals surface area contributed by atoms with Gasteiger partial charge in [-0.1, -0.05) is 11.3 Å². The molecule has 0 unspecified atom stereocenters. The van der Waals surface area contributed by atoms with Crippen molar-refractivity contribution in [2.45, 2.75) is 5.75 Å². The van der Waals surface area contributed by atoms with Crippen LogP contribution in [0.15, 0.2) is 7.70 Å². The average Bonchev–Trinajstić information content (AvgIpc) is 2.06. The second-order valence-electron chi connectivity index (χ2n) is 2.26. The van der Waals surface area contributed by atoms with Crippen LogP contribution in [0, 0.1) is 0 Å². The number of halogens is 2. The smallest absolute Gasteiger partial charge is 0.160 e. The maximum atomic E-state index is 10.9. The second-order valence-corrected chi connectivity index (χ2v) is 7.99. The molecule has 1 rings (SSSR count). The van der Waals surface area contributed by atoms with Gasteiger partial charge in [-0.05, 0) is 31.9 Å². The molecular formula is C5H5Br2NO2S2. The normalized spacial score (nSPS) is 11.9. The Morgan fingerprint density at radius 1 is 1.50 bits per heavy atom. The molecule has 0 radical (unpaired) electrons. The van der Waals surface area contributed by atoms with Crippen LogP contribution in [-0.2, 0) is 15.6 Å². The molecule has 0 spiro atoms. The largest absolute Gasteiger partial charge is 0.232 e. The average molecular weight is 335 g/mol. The molecular weight excluding hydrogens is 330 g/mol. The molecule has 0 N–H and O–H groups in total. The summed E-state index contributed by atoms with van der Waals surface area (Å²) in [4.78, 5) is 4.00. The summed E-state index contributed by atoms with van der Waals surface area (Å²) in [6, 6.07) is 0. The molecule has 0 saturated heterocycles. The van der Waals surface area contributed by atoms with E-state index in [1.54, 1.807) is 0 Å². The predicted octanol–water partition coefficient (Wildman–Crippen LogP) is 2.21. The third-order valence-electron chi connectivity index (χ3n) is 1.02. The monoisotopic (exact) mass is 333 g/mol. The van der Waals surface area contributed by atoms with Gasteiger partial charge >= 0.3 is 0 Å². The summed E-state index contributed by atoms with van der Waals surface area (Å²) < 4.78 is 23.2. The van der Waals surface area contributed by atoms with Gasteiger partial charge in [0.25, 0.3) is 0 Å². The van der Waals surface area contributed by atoms with Crippen LogP contribution in [0.5, 0.6) is 0 Å². The van der Waals surface area contributed by atoms with Crippen molar-refractivity contribution in [3.63, 3.8) is 0 Å². The van der Waals surface area contributed by atoms with E-state index in [0.717, 1.165) is 3.79 Å². The summed E-state index contributed by atoms with van der Waals surface area (Å²) in [6.45, 7) is 0. The Bertz CT molecular complexity index is 384. The van der Waals surface area contributed by atoms with E-state index >= 15 is 0 Å². The van der Waals surface area contributed by atoms with Crippen molar-refractivity contribution < 1.29 is 8.42 Å². The third kappa shape index (κ3) is 3.12. The molecule has 3 nitrogen and oxygen atoms in total. The maximum Gasteiger partial charge on any atom is 0.160 e. The Balaban J connectivity index is 2.97. The highest BCUT2D eigenvalue weighted by molar-refractivity contribution is 9.12. The number of aromatic nitrogens is 1. The highest BCUT2D eigenvalue weighted by Crippen LogP contribution is 2.29. The molecule has 0 aliphatic carbocycles. The highest BCUT2D eigenvalue weighted by Gasteiger charge is 2.12. The van der Waals surface area contributed by atoms with Crippen molar-refractivity contribution in [2.24, 2.45) is 0 Å². The molecule has 1 heterocycles. The van der Waals surface area contributed by atoms with Gasteiger partial charge in [-0.25, -0.2) is 13.4 Å². The van der Waals surface area contributed by atoms with E-state index in [-0.39, 0.29) is 5.75 Å². The van der Waals surface area contributed by atoms with E-state index in [0.29, 0.717) is 9.61 Å². The summed E-state index contributed by atoms with van der Waals surface area (Å²) in [6.07, 6.45) is 1.19. The van der Waals surface area contributed by atoms with Gasteiger partial charge in [0.15, 0.2) is 13.8 Å². The first-order valence-corrected chi connectivity index (χ1v) is 7.33. The van der Waals surface area contributed by atoms with E-state index < -0.39 is 9.84 Å². The fourth-order valence-corrected chi connectivity index (χ4v) is 4.21. The first-order valence-electron chi connectivity index (χ1n) is 2.87. The molecule has 1 aromatic rings. The first-order chi connectivity index (χ1) is 5.38. The van der Waals surface area contributed by atoms with Gasteiger partial charge < -0.3 is 0 Å². The van der Waals surface area contributed by atoms with E-state index in [1.165, 1.54) is 17.6 Å². The number of rotatable bonds is 2. The molecule has 0 aliphatic heterocycles. The van der Waals surface area contributed by atoms with Crippen LogP contribution in [0.4, 0.5) is 0 Å². The van der Waals surface area contributed by atoms with Crippen molar-refractivity contribution in [1.29, 1.82) is 0 Å². The van der Waals surface area contributed by atoms with Gasteiger partial charge in [0.05, 0.1) is 15.2 Å². The Kier molecular flexibility index (Phi) is 3.30. The summed E-state index contributed by atoms with van der Waals surface area (Å²) in [7, 11) is -2.99. The van der Waals surface area contributed by atoms with Crippen LogP contribution >= 0.6 is 43.2 Å². The molecule has 1 aromatic heterocycles. The van der Waals surface area contributed by atoms with Crippen molar-refractivity contribution >= 4 is 53.0 Å². The highest BCUT2D eigenvalue weighted by atomic mass is 79.9.